The number of carbonyl (C=O) groups is 1. The van der Waals surface area contributed by atoms with Crippen molar-refractivity contribution < 1.29 is 13.2 Å². The Balaban J connectivity index is 1.75. The van der Waals surface area contributed by atoms with Crippen molar-refractivity contribution in [3.63, 3.8) is 0 Å². The van der Waals surface area contributed by atoms with Gasteiger partial charge in [-0.1, -0.05) is 0 Å². The lowest BCUT2D eigenvalue weighted by Crippen LogP contribution is -2.50. The minimum absolute atomic E-state index is 0.0193. The zero-order valence-electron chi connectivity index (χ0n) is 10.8. The van der Waals surface area contributed by atoms with Crippen LogP contribution in [0.15, 0.2) is 0 Å². The van der Waals surface area contributed by atoms with E-state index in [4.69, 9.17) is 0 Å². The Morgan fingerprint density at radius 2 is 2.11 bits per heavy atom. The molecule has 0 spiro atoms. The molecular formula is C12H22N2O3S. The van der Waals surface area contributed by atoms with E-state index >= 15 is 0 Å². The molecule has 3 atom stereocenters. The normalized spacial score (nSPS) is 35.3. The van der Waals surface area contributed by atoms with Crippen LogP contribution in [0.5, 0.6) is 0 Å². The molecule has 0 radical (unpaired) electrons. The lowest BCUT2D eigenvalue weighted by Gasteiger charge is -2.28. The first-order valence-corrected chi connectivity index (χ1v) is 8.52. The molecule has 2 saturated heterocycles. The monoisotopic (exact) mass is 274 g/mol. The van der Waals surface area contributed by atoms with Crippen molar-refractivity contribution in [2.75, 3.05) is 18.1 Å². The summed E-state index contributed by atoms with van der Waals surface area (Å²) in [5, 5.41) is 6.16. The van der Waals surface area contributed by atoms with E-state index in [1.807, 2.05) is 0 Å². The highest BCUT2D eigenvalue weighted by atomic mass is 32.2. The largest absolute Gasteiger partial charge is 0.354 e. The van der Waals surface area contributed by atoms with Gasteiger partial charge in [0.1, 0.15) is 0 Å². The molecule has 2 heterocycles. The van der Waals surface area contributed by atoms with Crippen molar-refractivity contribution in [2.45, 2.75) is 44.7 Å². The van der Waals surface area contributed by atoms with Crippen molar-refractivity contribution in [1.29, 1.82) is 0 Å². The molecule has 6 heteroatoms. The molecule has 104 valence electrons. The summed E-state index contributed by atoms with van der Waals surface area (Å²) in [5.41, 5.74) is 0. The smallest absolute Gasteiger partial charge is 0.237 e. The SMILES string of the molecule is CC1CCCC(C(=O)NCC2CCS(=O)(=O)C2)N1. The molecule has 2 N–H and O–H groups in total. The minimum Gasteiger partial charge on any atom is -0.354 e. The summed E-state index contributed by atoms with van der Waals surface area (Å²) < 4.78 is 22.6. The zero-order chi connectivity index (χ0) is 13.2. The van der Waals surface area contributed by atoms with E-state index in [-0.39, 0.29) is 29.4 Å². The zero-order valence-corrected chi connectivity index (χ0v) is 11.6. The second-order valence-corrected chi connectivity index (χ2v) is 7.79. The maximum Gasteiger partial charge on any atom is 0.237 e. The van der Waals surface area contributed by atoms with Gasteiger partial charge >= 0.3 is 0 Å². The van der Waals surface area contributed by atoms with Crippen LogP contribution < -0.4 is 10.6 Å². The summed E-state index contributed by atoms with van der Waals surface area (Å²) in [6.45, 7) is 2.58. The Kier molecular flexibility index (Phi) is 4.27. The van der Waals surface area contributed by atoms with Gasteiger partial charge in [0, 0.05) is 12.6 Å². The van der Waals surface area contributed by atoms with Crippen LogP contribution in [0, 0.1) is 5.92 Å². The third-order valence-electron chi connectivity index (χ3n) is 3.82. The van der Waals surface area contributed by atoms with Gasteiger partial charge in [-0.2, -0.15) is 0 Å². The van der Waals surface area contributed by atoms with Crippen LogP contribution in [0.2, 0.25) is 0 Å². The summed E-state index contributed by atoms with van der Waals surface area (Å²) in [6.07, 6.45) is 3.74. The molecule has 2 fully saturated rings. The minimum atomic E-state index is -2.84. The molecule has 1 amide bonds. The third kappa shape index (κ3) is 3.68. The first kappa shape index (κ1) is 13.8. The van der Waals surface area contributed by atoms with Gasteiger partial charge < -0.3 is 10.6 Å². The van der Waals surface area contributed by atoms with Gasteiger partial charge in [-0.3, -0.25) is 4.79 Å². The van der Waals surface area contributed by atoms with Crippen molar-refractivity contribution in [1.82, 2.24) is 10.6 Å². The number of amides is 1. The standard InChI is InChI=1S/C12H22N2O3S/c1-9-3-2-4-11(14-9)12(15)13-7-10-5-6-18(16,17)8-10/h9-11,14H,2-8H2,1H3,(H,13,15). The molecule has 0 aromatic rings. The molecule has 2 aliphatic heterocycles. The molecule has 0 saturated carbocycles. The summed E-state index contributed by atoms with van der Waals surface area (Å²) in [4.78, 5) is 11.9. The molecule has 3 unspecified atom stereocenters. The summed E-state index contributed by atoms with van der Waals surface area (Å²) in [6, 6.07) is 0.285. The van der Waals surface area contributed by atoms with Crippen LogP contribution in [0.25, 0.3) is 0 Å². The van der Waals surface area contributed by atoms with E-state index in [1.165, 1.54) is 0 Å². The van der Waals surface area contributed by atoms with Gasteiger partial charge in [0.15, 0.2) is 9.84 Å². The maximum atomic E-state index is 11.9. The van der Waals surface area contributed by atoms with E-state index in [9.17, 15) is 13.2 Å². The highest BCUT2D eigenvalue weighted by Gasteiger charge is 2.29. The molecule has 5 nitrogen and oxygen atoms in total. The number of piperidine rings is 1. The van der Waals surface area contributed by atoms with E-state index in [1.54, 1.807) is 0 Å². The molecule has 0 aromatic heterocycles. The highest BCUT2D eigenvalue weighted by molar-refractivity contribution is 7.91. The topological polar surface area (TPSA) is 75.3 Å². The lowest BCUT2D eigenvalue weighted by molar-refractivity contribution is -0.124. The van der Waals surface area contributed by atoms with E-state index in [2.05, 4.69) is 17.6 Å². The quantitative estimate of drug-likeness (QED) is 0.763. The van der Waals surface area contributed by atoms with Crippen molar-refractivity contribution >= 4 is 15.7 Å². The molecule has 2 aliphatic rings. The number of rotatable bonds is 3. The molecule has 0 aromatic carbocycles. The second kappa shape index (κ2) is 5.57. The molecule has 2 rings (SSSR count). The van der Waals surface area contributed by atoms with Crippen molar-refractivity contribution in [2.24, 2.45) is 5.92 Å². The number of hydrogen-bond acceptors (Lipinski definition) is 4. The van der Waals surface area contributed by atoms with Gasteiger partial charge in [0.2, 0.25) is 5.91 Å². The van der Waals surface area contributed by atoms with Gasteiger partial charge in [-0.15, -0.1) is 0 Å². The van der Waals surface area contributed by atoms with E-state index < -0.39 is 9.84 Å². The van der Waals surface area contributed by atoms with Crippen LogP contribution in [0.1, 0.15) is 32.6 Å². The fraction of sp³-hybridized carbons (Fsp3) is 0.917. The Labute approximate surface area is 109 Å². The number of carbonyl (C=O) groups excluding carboxylic acids is 1. The average Bonchev–Trinajstić information content (AvgIpc) is 2.66. The van der Waals surface area contributed by atoms with Gasteiger partial charge in [0.25, 0.3) is 0 Å². The highest BCUT2D eigenvalue weighted by Crippen LogP contribution is 2.18. The fourth-order valence-corrected chi connectivity index (χ4v) is 4.61. The van der Waals surface area contributed by atoms with Crippen LogP contribution >= 0.6 is 0 Å². The predicted molar refractivity (Wildman–Crippen MR) is 70.0 cm³/mol. The lowest BCUT2D eigenvalue weighted by atomic mass is 9.99. The van der Waals surface area contributed by atoms with E-state index in [0.29, 0.717) is 19.0 Å². The fourth-order valence-electron chi connectivity index (χ4n) is 2.75. The Bertz CT molecular complexity index is 408. The average molecular weight is 274 g/mol. The predicted octanol–water partition coefficient (Wildman–Crippen LogP) is 0.0679. The molecule has 0 aliphatic carbocycles. The van der Waals surface area contributed by atoms with E-state index in [0.717, 1.165) is 19.3 Å². The molecule has 0 bridgehead atoms. The second-order valence-electron chi connectivity index (χ2n) is 5.57. The number of hydrogen-bond donors (Lipinski definition) is 2. The first-order valence-electron chi connectivity index (χ1n) is 6.70. The summed E-state index contributed by atoms with van der Waals surface area (Å²) in [5.74, 6) is 0.611. The van der Waals surface area contributed by atoms with Crippen molar-refractivity contribution in [3.8, 4) is 0 Å². The Hall–Kier alpha value is -0.620. The molecular weight excluding hydrogens is 252 g/mol. The Morgan fingerprint density at radius 3 is 2.72 bits per heavy atom. The maximum absolute atomic E-state index is 11.9. The Morgan fingerprint density at radius 1 is 1.33 bits per heavy atom. The first-order chi connectivity index (χ1) is 8.46. The number of sulfone groups is 1. The van der Waals surface area contributed by atoms with Crippen molar-refractivity contribution in [3.05, 3.63) is 0 Å². The third-order valence-corrected chi connectivity index (χ3v) is 5.66. The van der Waals surface area contributed by atoms with Gasteiger partial charge in [-0.05, 0) is 38.5 Å². The number of nitrogens with one attached hydrogen (secondary N) is 2. The van der Waals surface area contributed by atoms with Crippen LogP contribution in [0.4, 0.5) is 0 Å². The van der Waals surface area contributed by atoms with Crippen LogP contribution in [-0.4, -0.2) is 44.5 Å². The van der Waals surface area contributed by atoms with Gasteiger partial charge in [-0.25, -0.2) is 8.42 Å². The molecule has 18 heavy (non-hydrogen) atoms. The van der Waals surface area contributed by atoms with Gasteiger partial charge in [0.05, 0.1) is 17.5 Å². The summed E-state index contributed by atoms with van der Waals surface area (Å²) in [7, 11) is -2.84. The van der Waals surface area contributed by atoms with Crippen LogP contribution in [0.3, 0.4) is 0 Å². The van der Waals surface area contributed by atoms with Crippen LogP contribution in [-0.2, 0) is 14.6 Å². The summed E-state index contributed by atoms with van der Waals surface area (Å²) >= 11 is 0.